The molecule has 3 aromatic carbocycles. The lowest BCUT2D eigenvalue weighted by Crippen LogP contribution is -2.31. The van der Waals surface area contributed by atoms with Gasteiger partial charge in [0.25, 0.3) is 5.91 Å². The lowest BCUT2D eigenvalue weighted by atomic mass is 9.94. The minimum atomic E-state index is -1.01. The Kier molecular flexibility index (Phi) is 6.23. The minimum absolute atomic E-state index is 0.00873. The molecule has 4 aromatic rings. The van der Waals surface area contributed by atoms with Crippen LogP contribution in [0.3, 0.4) is 0 Å². The molecule has 8 nitrogen and oxygen atoms in total. The second kappa shape index (κ2) is 9.66. The SMILES string of the molecule is CCOC(=O)c1cccc(N2C(=O)C(O)=C(C(=O)c3cc4ccccc4o3)C2c2cccc(OC)c2)c1. The third-order valence-electron chi connectivity index (χ3n) is 6.15. The summed E-state index contributed by atoms with van der Waals surface area (Å²) in [5.41, 5.74) is 1.43. The number of ether oxygens (including phenoxy) is 2. The molecule has 8 heteroatoms. The van der Waals surface area contributed by atoms with Crippen LogP contribution in [0.5, 0.6) is 5.75 Å². The van der Waals surface area contributed by atoms with Gasteiger partial charge in [0.2, 0.25) is 5.78 Å². The summed E-state index contributed by atoms with van der Waals surface area (Å²) in [4.78, 5) is 40.9. The van der Waals surface area contributed by atoms with Crippen LogP contribution in [0.1, 0.15) is 39.4 Å². The van der Waals surface area contributed by atoms with Gasteiger partial charge in [0, 0.05) is 11.1 Å². The molecule has 0 fully saturated rings. The highest BCUT2D eigenvalue weighted by atomic mass is 16.5. The molecule has 0 saturated heterocycles. The molecule has 1 unspecified atom stereocenters. The molecule has 0 radical (unpaired) electrons. The molecule has 5 rings (SSSR count). The number of fused-ring (bicyclic) bond motifs is 1. The van der Waals surface area contributed by atoms with Crippen molar-refractivity contribution in [3.63, 3.8) is 0 Å². The molecular formula is C29H23NO7. The fourth-order valence-corrected chi connectivity index (χ4v) is 4.45. The van der Waals surface area contributed by atoms with Crippen molar-refractivity contribution >= 4 is 34.3 Å². The third kappa shape index (κ3) is 4.23. The van der Waals surface area contributed by atoms with Crippen molar-refractivity contribution in [2.24, 2.45) is 0 Å². The number of para-hydroxylation sites is 1. The molecule has 1 aliphatic rings. The maximum atomic E-state index is 13.8. The maximum absolute atomic E-state index is 13.8. The van der Waals surface area contributed by atoms with Crippen LogP contribution in [0.25, 0.3) is 11.0 Å². The average Bonchev–Trinajstić information content (AvgIpc) is 3.47. The molecule has 1 amide bonds. The molecule has 186 valence electrons. The van der Waals surface area contributed by atoms with Gasteiger partial charge in [-0.25, -0.2) is 4.79 Å². The predicted octanol–water partition coefficient (Wildman–Crippen LogP) is 5.40. The lowest BCUT2D eigenvalue weighted by Gasteiger charge is -2.27. The first kappa shape index (κ1) is 23.9. The first-order valence-electron chi connectivity index (χ1n) is 11.6. The smallest absolute Gasteiger partial charge is 0.338 e. The topological polar surface area (TPSA) is 106 Å². The normalized spacial score (nSPS) is 15.4. The second-order valence-electron chi connectivity index (χ2n) is 8.36. The van der Waals surface area contributed by atoms with Gasteiger partial charge >= 0.3 is 5.97 Å². The molecule has 2 heterocycles. The van der Waals surface area contributed by atoms with Gasteiger partial charge in [0.15, 0.2) is 11.5 Å². The van der Waals surface area contributed by atoms with Gasteiger partial charge in [0.05, 0.1) is 30.9 Å². The summed E-state index contributed by atoms with van der Waals surface area (Å²) in [5.74, 6) is -2.16. The number of methoxy groups -OCH3 is 1. The van der Waals surface area contributed by atoms with Gasteiger partial charge in [0.1, 0.15) is 11.3 Å². The Balaban J connectivity index is 1.65. The molecule has 0 spiro atoms. The number of aliphatic hydroxyl groups is 1. The molecule has 37 heavy (non-hydrogen) atoms. The summed E-state index contributed by atoms with van der Waals surface area (Å²) in [6.45, 7) is 1.89. The number of hydrogen-bond acceptors (Lipinski definition) is 7. The van der Waals surface area contributed by atoms with E-state index in [1.54, 1.807) is 73.7 Å². The number of esters is 1. The number of furan rings is 1. The highest BCUT2D eigenvalue weighted by Gasteiger charge is 2.45. The molecule has 1 aromatic heterocycles. The molecule has 0 aliphatic carbocycles. The number of nitrogens with zero attached hydrogens (tertiary/aromatic N) is 1. The summed E-state index contributed by atoms with van der Waals surface area (Å²) < 4.78 is 16.2. The third-order valence-corrected chi connectivity index (χ3v) is 6.15. The summed E-state index contributed by atoms with van der Waals surface area (Å²) >= 11 is 0. The van der Waals surface area contributed by atoms with Gasteiger partial charge in [-0.2, -0.15) is 0 Å². The van der Waals surface area contributed by atoms with Crippen LogP contribution in [0.4, 0.5) is 5.69 Å². The van der Waals surface area contributed by atoms with Crippen molar-refractivity contribution in [3.05, 3.63) is 107 Å². The van der Waals surface area contributed by atoms with Crippen molar-refractivity contribution in [2.45, 2.75) is 13.0 Å². The number of hydrogen-bond donors (Lipinski definition) is 1. The Bertz CT molecular complexity index is 1530. The van der Waals surface area contributed by atoms with Crippen LogP contribution in [-0.4, -0.2) is 36.5 Å². The predicted molar refractivity (Wildman–Crippen MR) is 136 cm³/mol. The van der Waals surface area contributed by atoms with Crippen molar-refractivity contribution < 1.29 is 33.4 Å². The van der Waals surface area contributed by atoms with E-state index in [2.05, 4.69) is 0 Å². The van der Waals surface area contributed by atoms with Crippen LogP contribution in [0.2, 0.25) is 0 Å². The number of aliphatic hydroxyl groups excluding tert-OH is 1. The largest absolute Gasteiger partial charge is 0.503 e. The monoisotopic (exact) mass is 497 g/mol. The van der Waals surface area contributed by atoms with Gasteiger partial charge in [-0.3, -0.25) is 14.5 Å². The maximum Gasteiger partial charge on any atom is 0.338 e. The lowest BCUT2D eigenvalue weighted by molar-refractivity contribution is -0.117. The van der Waals surface area contributed by atoms with Crippen molar-refractivity contribution in [1.29, 1.82) is 0 Å². The van der Waals surface area contributed by atoms with Gasteiger partial charge in [-0.05, 0) is 55.0 Å². The molecule has 1 aliphatic heterocycles. The van der Waals surface area contributed by atoms with E-state index in [9.17, 15) is 19.5 Å². The van der Waals surface area contributed by atoms with Crippen molar-refractivity contribution in [3.8, 4) is 5.75 Å². The number of carbonyl (C=O) groups excluding carboxylic acids is 3. The quantitative estimate of drug-likeness (QED) is 0.269. The summed E-state index contributed by atoms with van der Waals surface area (Å²) in [6.07, 6.45) is 0. The van der Waals surface area contributed by atoms with E-state index in [-0.39, 0.29) is 23.5 Å². The Morgan fingerprint density at radius 2 is 1.78 bits per heavy atom. The van der Waals surface area contributed by atoms with Crippen LogP contribution < -0.4 is 9.64 Å². The first-order valence-corrected chi connectivity index (χ1v) is 11.6. The number of Topliss-reactive ketones (excluding diaryl/α,β-unsaturated/α-hetero) is 1. The number of amides is 1. The van der Waals surface area contributed by atoms with Gasteiger partial charge < -0.3 is 19.0 Å². The highest BCUT2D eigenvalue weighted by Crippen LogP contribution is 2.43. The van der Waals surface area contributed by atoms with Gasteiger partial charge in [-0.1, -0.05) is 36.4 Å². The van der Waals surface area contributed by atoms with Crippen LogP contribution >= 0.6 is 0 Å². The molecule has 1 N–H and O–H groups in total. The second-order valence-corrected chi connectivity index (χ2v) is 8.36. The molecular weight excluding hydrogens is 474 g/mol. The van der Waals surface area contributed by atoms with E-state index in [1.165, 1.54) is 18.1 Å². The molecule has 1 atom stereocenters. The Morgan fingerprint density at radius 3 is 2.54 bits per heavy atom. The van der Waals surface area contributed by atoms with E-state index in [0.29, 0.717) is 28.0 Å². The van der Waals surface area contributed by atoms with Crippen molar-refractivity contribution in [1.82, 2.24) is 0 Å². The van der Waals surface area contributed by atoms with E-state index >= 15 is 0 Å². The Morgan fingerprint density at radius 1 is 1.00 bits per heavy atom. The Labute approximate surface area is 212 Å². The summed E-state index contributed by atoms with van der Waals surface area (Å²) in [5, 5.41) is 11.7. The molecule has 0 saturated carbocycles. The summed E-state index contributed by atoms with van der Waals surface area (Å²) in [7, 11) is 1.51. The van der Waals surface area contributed by atoms with E-state index in [1.807, 2.05) is 6.07 Å². The summed E-state index contributed by atoms with van der Waals surface area (Å²) in [6, 6.07) is 20.9. The fraction of sp³-hybridized carbons (Fsp3) is 0.138. The molecule has 0 bridgehead atoms. The highest BCUT2D eigenvalue weighted by molar-refractivity contribution is 6.20. The number of carbonyl (C=O) groups is 3. The van der Waals surface area contributed by atoms with Gasteiger partial charge in [-0.15, -0.1) is 0 Å². The van der Waals surface area contributed by atoms with E-state index < -0.39 is 29.5 Å². The number of benzene rings is 3. The van der Waals surface area contributed by atoms with Crippen LogP contribution in [0.15, 0.2) is 94.6 Å². The van der Waals surface area contributed by atoms with Crippen LogP contribution in [0, 0.1) is 0 Å². The van der Waals surface area contributed by atoms with E-state index in [4.69, 9.17) is 13.9 Å². The minimum Gasteiger partial charge on any atom is -0.503 e. The van der Waals surface area contributed by atoms with E-state index in [0.717, 1.165) is 0 Å². The number of rotatable bonds is 7. The standard InChI is InChI=1S/C29H23NO7/c1-3-36-29(34)19-10-6-11-20(14-19)30-25(18-9-7-12-21(15-18)35-2)24(27(32)28(30)33)26(31)23-16-17-8-4-5-13-22(17)37-23/h4-16,25,32H,3H2,1-2H3. The average molecular weight is 498 g/mol. The van der Waals surface area contributed by atoms with Crippen molar-refractivity contribution in [2.75, 3.05) is 18.6 Å². The zero-order valence-electron chi connectivity index (χ0n) is 20.1. The zero-order chi connectivity index (χ0) is 26.1. The van der Waals surface area contributed by atoms with Crippen LogP contribution in [-0.2, 0) is 9.53 Å². The number of anilines is 1. The fourth-order valence-electron chi connectivity index (χ4n) is 4.45. The number of ketones is 1. The Hall–Kier alpha value is -4.85. The first-order chi connectivity index (χ1) is 17.9. The zero-order valence-corrected chi connectivity index (χ0v) is 20.1.